The van der Waals surface area contributed by atoms with Crippen molar-refractivity contribution in [3.8, 4) is 0 Å². The van der Waals surface area contributed by atoms with Gasteiger partial charge < -0.3 is 15.2 Å². The van der Waals surface area contributed by atoms with E-state index in [9.17, 15) is 9.90 Å². The number of carbonyl (C=O) groups is 1. The molecule has 0 radical (unpaired) electrons. The van der Waals surface area contributed by atoms with Gasteiger partial charge in [0.2, 0.25) is 0 Å². The maximum absolute atomic E-state index is 12.5. The quantitative estimate of drug-likeness (QED) is 0.241. The fraction of sp³-hybridized carbons (Fsp3) is 0.269. The fourth-order valence-corrected chi connectivity index (χ4v) is 3.63. The van der Waals surface area contributed by atoms with E-state index < -0.39 is 24.3 Å². The highest BCUT2D eigenvalue weighted by Crippen LogP contribution is 2.17. The number of carbonyl (C=O) groups excluding carboxylic acids is 1. The summed E-state index contributed by atoms with van der Waals surface area (Å²) in [5.41, 5.74) is 12.0. The zero-order valence-corrected chi connectivity index (χ0v) is 18.3. The Morgan fingerprint density at radius 2 is 1.45 bits per heavy atom. The van der Waals surface area contributed by atoms with E-state index in [-0.39, 0.29) is 6.61 Å². The molecule has 1 amide bonds. The fourth-order valence-electron chi connectivity index (χ4n) is 3.63. The number of aryl methyl sites for hydroxylation is 1. The van der Waals surface area contributed by atoms with Gasteiger partial charge in [-0.2, -0.15) is 0 Å². The zero-order valence-electron chi connectivity index (χ0n) is 18.3. The van der Waals surface area contributed by atoms with Crippen molar-refractivity contribution in [2.45, 2.75) is 44.1 Å². The van der Waals surface area contributed by atoms with Gasteiger partial charge in [-0.3, -0.25) is 0 Å². The lowest BCUT2D eigenvalue weighted by atomic mass is 9.93. The summed E-state index contributed by atoms with van der Waals surface area (Å²) in [5.74, 6) is 0. The van der Waals surface area contributed by atoms with Gasteiger partial charge in [0, 0.05) is 4.91 Å². The first-order chi connectivity index (χ1) is 16.2. The van der Waals surface area contributed by atoms with Gasteiger partial charge in [0.25, 0.3) is 0 Å². The van der Waals surface area contributed by atoms with Gasteiger partial charge in [0.05, 0.1) is 18.2 Å². The Hall–Kier alpha value is -3.80. The number of benzene rings is 3. The van der Waals surface area contributed by atoms with E-state index in [1.165, 1.54) is 0 Å². The van der Waals surface area contributed by atoms with Crippen LogP contribution in [0, 0.1) is 0 Å². The first-order valence-corrected chi connectivity index (χ1v) is 10.9. The minimum absolute atomic E-state index is 0.120. The first kappa shape index (κ1) is 23.9. The van der Waals surface area contributed by atoms with Crippen LogP contribution < -0.4 is 5.32 Å². The first-order valence-electron chi connectivity index (χ1n) is 10.9. The Morgan fingerprint density at radius 1 is 0.909 bits per heavy atom. The van der Waals surface area contributed by atoms with Crippen molar-refractivity contribution >= 4 is 6.09 Å². The topological polar surface area (TPSA) is 107 Å². The standard InChI is InChI=1S/C26H28N4O3/c27-30-29-23(17-16-20-10-4-1-5-11-20)25(31)24(18-21-12-6-2-7-13-21)28-26(32)33-19-22-14-8-3-9-15-22/h1-15,23-25,31H,16-19H2,(H,28,32)/t23-,24-,25-/m1/s1. The number of alkyl carbamates (subject to hydrolysis) is 1. The van der Waals surface area contributed by atoms with Crippen LogP contribution in [0.15, 0.2) is 96.1 Å². The normalized spacial score (nSPS) is 13.2. The van der Waals surface area contributed by atoms with E-state index in [4.69, 9.17) is 10.3 Å². The highest BCUT2D eigenvalue weighted by atomic mass is 16.5. The zero-order chi connectivity index (χ0) is 23.3. The number of nitrogens with one attached hydrogen (secondary N) is 1. The minimum atomic E-state index is -1.09. The molecule has 0 bridgehead atoms. The Bertz CT molecular complexity index is 1030. The predicted molar refractivity (Wildman–Crippen MR) is 127 cm³/mol. The summed E-state index contributed by atoms with van der Waals surface area (Å²) in [4.78, 5) is 15.5. The summed E-state index contributed by atoms with van der Waals surface area (Å²) >= 11 is 0. The van der Waals surface area contributed by atoms with Gasteiger partial charge in [0.1, 0.15) is 6.61 Å². The van der Waals surface area contributed by atoms with Crippen molar-refractivity contribution in [3.05, 3.63) is 118 Å². The molecular weight excluding hydrogens is 416 g/mol. The Morgan fingerprint density at radius 3 is 2.03 bits per heavy atom. The molecule has 0 unspecified atom stereocenters. The van der Waals surface area contributed by atoms with E-state index in [0.717, 1.165) is 16.7 Å². The molecule has 3 rings (SSSR count). The van der Waals surface area contributed by atoms with E-state index in [1.807, 2.05) is 91.0 Å². The molecule has 7 heteroatoms. The van der Waals surface area contributed by atoms with Gasteiger partial charge in [-0.15, -0.1) is 0 Å². The molecule has 0 aliphatic heterocycles. The molecule has 0 fully saturated rings. The number of nitrogens with zero attached hydrogens (tertiary/aromatic N) is 3. The molecule has 170 valence electrons. The lowest BCUT2D eigenvalue weighted by molar-refractivity contribution is 0.0837. The van der Waals surface area contributed by atoms with Crippen LogP contribution in [0.2, 0.25) is 0 Å². The molecule has 0 saturated carbocycles. The van der Waals surface area contributed by atoms with Crippen LogP contribution >= 0.6 is 0 Å². The Kier molecular flexibility index (Phi) is 9.33. The molecule has 0 aliphatic carbocycles. The highest BCUT2D eigenvalue weighted by molar-refractivity contribution is 5.67. The van der Waals surface area contributed by atoms with Crippen molar-refractivity contribution in [1.29, 1.82) is 0 Å². The SMILES string of the molecule is [N-]=[N+]=N[C@H](CCc1ccccc1)[C@@H](O)[C@@H](Cc1ccccc1)NC(=O)OCc1ccccc1. The maximum atomic E-state index is 12.5. The van der Waals surface area contributed by atoms with Crippen LogP contribution in [-0.4, -0.2) is 29.4 Å². The number of ether oxygens (including phenoxy) is 1. The van der Waals surface area contributed by atoms with Crippen molar-refractivity contribution in [2.75, 3.05) is 0 Å². The maximum Gasteiger partial charge on any atom is 0.407 e. The molecular formula is C26H28N4O3. The molecule has 33 heavy (non-hydrogen) atoms. The minimum Gasteiger partial charge on any atom is -0.445 e. The van der Waals surface area contributed by atoms with Crippen LogP contribution in [-0.2, 0) is 24.2 Å². The largest absolute Gasteiger partial charge is 0.445 e. The lowest BCUT2D eigenvalue weighted by Crippen LogP contribution is -2.49. The van der Waals surface area contributed by atoms with Gasteiger partial charge in [-0.1, -0.05) is 96.1 Å². The number of hydrogen-bond donors (Lipinski definition) is 2. The highest BCUT2D eigenvalue weighted by Gasteiger charge is 2.29. The van der Waals surface area contributed by atoms with Crippen molar-refractivity contribution < 1.29 is 14.6 Å². The van der Waals surface area contributed by atoms with Gasteiger partial charge in [-0.25, -0.2) is 4.79 Å². The predicted octanol–water partition coefficient (Wildman–Crippen LogP) is 5.20. The molecule has 3 atom stereocenters. The van der Waals surface area contributed by atoms with E-state index in [2.05, 4.69) is 15.3 Å². The third-order valence-corrected chi connectivity index (χ3v) is 5.39. The average Bonchev–Trinajstić information content (AvgIpc) is 2.86. The van der Waals surface area contributed by atoms with Crippen molar-refractivity contribution in [3.63, 3.8) is 0 Å². The van der Waals surface area contributed by atoms with E-state index in [0.29, 0.717) is 19.3 Å². The second kappa shape index (κ2) is 12.9. The third kappa shape index (κ3) is 8.00. The van der Waals surface area contributed by atoms with Crippen molar-refractivity contribution in [1.82, 2.24) is 5.32 Å². The molecule has 0 aliphatic rings. The van der Waals surface area contributed by atoms with Crippen LogP contribution in [0.4, 0.5) is 4.79 Å². The number of aliphatic hydroxyl groups is 1. The second-order valence-electron chi connectivity index (χ2n) is 7.79. The summed E-state index contributed by atoms with van der Waals surface area (Å²) in [6.07, 6.45) is -0.277. The lowest BCUT2D eigenvalue weighted by Gasteiger charge is -2.28. The summed E-state index contributed by atoms with van der Waals surface area (Å²) in [6, 6.07) is 27.3. The summed E-state index contributed by atoms with van der Waals surface area (Å²) in [5, 5.41) is 17.8. The summed E-state index contributed by atoms with van der Waals surface area (Å²) in [7, 11) is 0. The summed E-state index contributed by atoms with van der Waals surface area (Å²) in [6.45, 7) is 0.120. The van der Waals surface area contributed by atoms with Crippen LogP contribution in [0.5, 0.6) is 0 Å². The molecule has 7 nitrogen and oxygen atoms in total. The van der Waals surface area contributed by atoms with Crippen LogP contribution in [0.1, 0.15) is 23.1 Å². The average molecular weight is 445 g/mol. The third-order valence-electron chi connectivity index (χ3n) is 5.39. The summed E-state index contributed by atoms with van der Waals surface area (Å²) < 4.78 is 5.35. The monoisotopic (exact) mass is 444 g/mol. The van der Waals surface area contributed by atoms with E-state index >= 15 is 0 Å². The van der Waals surface area contributed by atoms with Gasteiger partial charge in [0.15, 0.2) is 0 Å². The van der Waals surface area contributed by atoms with E-state index in [1.54, 1.807) is 0 Å². The second-order valence-corrected chi connectivity index (χ2v) is 7.79. The van der Waals surface area contributed by atoms with Gasteiger partial charge in [-0.05, 0) is 41.5 Å². The molecule has 3 aromatic rings. The van der Waals surface area contributed by atoms with Gasteiger partial charge >= 0.3 is 6.09 Å². The van der Waals surface area contributed by atoms with Crippen molar-refractivity contribution in [2.24, 2.45) is 5.11 Å². The number of amides is 1. The van der Waals surface area contributed by atoms with Crippen LogP contribution in [0.25, 0.3) is 10.4 Å². The Labute approximate surface area is 193 Å². The number of aliphatic hydroxyl groups excluding tert-OH is 1. The molecule has 0 spiro atoms. The van der Waals surface area contributed by atoms with Crippen LogP contribution in [0.3, 0.4) is 0 Å². The number of hydrogen-bond acceptors (Lipinski definition) is 4. The molecule has 0 aromatic heterocycles. The molecule has 0 heterocycles. The number of rotatable bonds is 11. The Balaban J connectivity index is 1.69. The number of azide groups is 1. The molecule has 0 saturated heterocycles. The molecule has 3 aromatic carbocycles. The smallest absolute Gasteiger partial charge is 0.407 e. The molecule has 2 N–H and O–H groups in total.